The lowest BCUT2D eigenvalue weighted by Crippen LogP contribution is -2.01. The summed E-state index contributed by atoms with van der Waals surface area (Å²) in [6, 6.07) is 7.12. The molecule has 0 aromatic heterocycles. The van der Waals surface area contributed by atoms with Crippen LogP contribution in [-0.2, 0) is 6.61 Å². The van der Waals surface area contributed by atoms with Crippen molar-refractivity contribution in [1.29, 1.82) is 0 Å². The smallest absolute Gasteiger partial charge is 0.165 e. The maximum Gasteiger partial charge on any atom is 0.165 e. The highest BCUT2D eigenvalue weighted by atomic mass is 19.1. The van der Waals surface area contributed by atoms with E-state index in [2.05, 4.69) is 0 Å². The fraction of sp³-hybridized carbons (Fsp3) is 0.200. The van der Waals surface area contributed by atoms with Crippen LogP contribution in [0, 0.1) is 17.5 Å². The summed E-state index contributed by atoms with van der Waals surface area (Å²) >= 11 is 0. The Morgan fingerprint density at radius 3 is 2.40 bits per heavy atom. The van der Waals surface area contributed by atoms with E-state index in [1.165, 1.54) is 25.1 Å². The first-order chi connectivity index (χ1) is 9.47. The van der Waals surface area contributed by atoms with Gasteiger partial charge in [0.05, 0.1) is 6.10 Å². The summed E-state index contributed by atoms with van der Waals surface area (Å²) in [4.78, 5) is 0. The molecule has 1 unspecified atom stereocenters. The molecule has 0 fully saturated rings. The summed E-state index contributed by atoms with van der Waals surface area (Å²) in [6.45, 7) is 1.31. The molecule has 0 saturated heterocycles. The van der Waals surface area contributed by atoms with Gasteiger partial charge in [0.15, 0.2) is 11.6 Å². The Morgan fingerprint density at radius 2 is 1.80 bits per heavy atom. The Labute approximate surface area is 114 Å². The van der Waals surface area contributed by atoms with Gasteiger partial charge in [-0.2, -0.15) is 0 Å². The van der Waals surface area contributed by atoms with E-state index < -0.39 is 23.6 Å². The monoisotopic (exact) mass is 282 g/mol. The minimum Gasteiger partial charge on any atom is -0.486 e. The molecule has 0 aliphatic carbocycles. The van der Waals surface area contributed by atoms with Gasteiger partial charge in [-0.3, -0.25) is 0 Å². The highest BCUT2D eigenvalue weighted by Gasteiger charge is 2.10. The summed E-state index contributed by atoms with van der Waals surface area (Å²) in [6.07, 6.45) is -0.784. The zero-order chi connectivity index (χ0) is 14.7. The Bertz CT molecular complexity index is 612. The van der Waals surface area contributed by atoms with E-state index in [0.29, 0.717) is 5.56 Å². The fourth-order valence-electron chi connectivity index (χ4n) is 1.69. The number of rotatable bonds is 4. The molecule has 2 aromatic rings. The number of halogens is 3. The normalized spacial score (nSPS) is 12.2. The molecule has 0 heterocycles. The van der Waals surface area contributed by atoms with Crippen molar-refractivity contribution in [3.05, 3.63) is 65.0 Å². The molecule has 2 rings (SSSR count). The molecule has 0 radical (unpaired) electrons. The van der Waals surface area contributed by atoms with E-state index in [0.717, 1.165) is 18.2 Å². The van der Waals surface area contributed by atoms with Crippen molar-refractivity contribution < 1.29 is 23.0 Å². The van der Waals surface area contributed by atoms with Gasteiger partial charge >= 0.3 is 0 Å². The number of aliphatic hydroxyl groups is 1. The second kappa shape index (κ2) is 5.96. The average Bonchev–Trinajstić information content (AvgIpc) is 2.38. The van der Waals surface area contributed by atoms with Crippen molar-refractivity contribution in [2.75, 3.05) is 0 Å². The average molecular weight is 282 g/mol. The van der Waals surface area contributed by atoms with E-state index in [1.54, 1.807) is 0 Å². The van der Waals surface area contributed by atoms with Crippen LogP contribution in [0.2, 0.25) is 0 Å². The van der Waals surface area contributed by atoms with Crippen molar-refractivity contribution in [3.8, 4) is 5.75 Å². The molecule has 2 aromatic carbocycles. The number of benzene rings is 2. The zero-order valence-electron chi connectivity index (χ0n) is 10.7. The Balaban J connectivity index is 2.11. The maximum atomic E-state index is 13.7. The van der Waals surface area contributed by atoms with Crippen LogP contribution in [0.1, 0.15) is 24.2 Å². The second-order valence-corrected chi connectivity index (χ2v) is 4.39. The number of ether oxygens (including phenoxy) is 1. The Hall–Kier alpha value is -2.01. The van der Waals surface area contributed by atoms with E-state index in [-0.39, 0.29) is 17.9 Å². The minimum absolute atomic E-state index is 0.0573. The van der Waals surface area contributed by atoms with Crippen LogP contribution >= 0.6 is 0 Å². The van der Waals surface area contributed by atoms with Crippen molar-refractivity contribution in [2.24, 2.45) is 0 Å². The quantitative estimate of drug-likeness (QED) is 0.925. The molecule has 106 valence electrons. The molecule has 1 N–H and O–H groups in total. The van der Waals surface area contributed by atoms with Gasteiger partial charge in [0.25, 0.3) is 0 Å². The van der Waals surface area contributed by atoms with Crippen molar-refractivity contribution in [3.63, 3.8) is 0 Å². The summed E-state index contributed by atoms with van der Waals surface area (Å²) in [5, 5.41) is 9.32. The lowest BCUT2D eigenvalue weighted by atomic mass is 10.1. The molecule has 0 spiro atoms. The molecule has 0 amide bonds. The standard InChI is InChI=1S/C15H13F3O2/c1-9(19)10-3-5-15(14(18)6-10)20-8-11-2-4-12(16)7-13(11)17/h2-7,9,19H,8H2,1H3. The van der Waals surface area contributed by atoms with Crippen LogP contribution in [-0.4, -0.2) is 5.11 Å². The first-order valence-corrected chi connectivity index (χ1v) is 6.01. The molecule has 5 heteroatoms. The van der Waals surface area contributed by atoms with Crippen LogP contribution in [0.15, 0.2) is 36.4 Å². The Morgan fingerprint density at radius 1 is 1.05 bits per heavy atom. The molecule has 2 nitrogen and oxygen atoms in total. The topological polar surface area (TPSA) is 29.5 Å². The molecule has 20 heavy (non-hydrogen) atoms. The Kier molecular flexibility index (Phi) is 4.29. The van der Waals surface area contributed by atoms with Gasteiger partial charge in [0.2, 0.25) is 0 Å². The lowest BCUT2D eigenvalue weighted by Gasteiger charge is -2.10. The third-order valence-electron chi connectivity index (χ3n) is 2.84. The first-order valence-electron chi connectivity index (χ1n) is 6.01. The van der Waals surface area contributed by atoms with Gasteiger partial charge in [-0.25, -0.2) is 13.2 Å². The van der Waals surface area contributed by atoms with Crippen molar-refractivity contribution in [1.82, 2.24) is 0 Å². The summed E-state index contributed by atoms with van der Waals surface area (Å²) in [5.74, 6) is -2.13. The fourth-order valence-corrected chi connectivity index (χ4v) is 1.69. The first kappa shape index (κ1) is 14.4. The highest BCUT2D eigenvalue weighted by molar-refractivity contribution is 5.30. The highest BCUT2D eigenvalue weighted by Crippen LogP contribution is 2.23. The summed E-state index contributed by atoms with van der Waals surface area (Å²) in [5.41, 5.74) is 0.549. The van der Waals surface area contributed by atoms with Crippen molar-refractivity contribution in [2.45, 2.75) is 19.6 Å². The van der Waals surface area contributed by atoms with E-state index in [4.69, 9.17) is 4.74 Å². The van der Waals surface area contributed by atoms with Gasteiger partial charge < -0.3 is 9.84 Å². The third kappa shape index (κ3) is 3.30. The second-order valence-electron chi connectivity index (χ2n) is 4.39. The van der Waals surface area contributed by atoms with Gasteiger partial charge in [-0.15, -0.1) is 0 Å². The molecule has 0 saturated carbocycles. The summed E-state index contributed by atoms with van der Waals surface area (Å²) in [7, 11) is 0. The molecule has 0 bridgehead atoms. The van der Waals surface area contributed by atoms with Gasteiger partial charge in [0, 0.05) is 11.6 Å². The largest absolute Gasteiger partial charge is 0.486 e. The molecular formula is C15H13F3O2. The molecule has 0 aliphatic rings. The van der Waals surface area contributed by atoms with Gasteiger partial charge in [-0.05, 0) is 36.8 Å². The van der Waals surface area contributed by atoms with Crippen LogP contribution in [0.5, 0.6) is 5.75 Å². The number of aliphatic hydroxyl groups excluding tert-OH is 1. The summed E-state index contributed by atoms with van der Waals surface area (Å²) < 4.78 is 45.0. The van der Waals surface area contributed by atoms with Crippen LogP contribution in [0.25, 0.3) is 0 Å². The molecule has 1 atom stereocenters. The van der Waals surface area contributed by atoms with Crippen molar-refractivity contribution >= 4 is 0 Å². The third-order valence-corrected chi connectivity index (χ3v) is 2.84. The minimum atomic E-state index is -0.784. The predicted molar refractivity (Wildman–Crippen MR) is 67.7 cm³/mol. The predicted octanol–water partition coefficient (Wildman–Crippen LogP) is 3.74. The molecule has 0 aliphatic heterocycles. The number of hydrogen-bond acceptors (Lipinski definition) is 2. The van der Waals surface area contributed by atoms with E-state index >= 15 is 0 Å². The van der Waals surface area contributed by atoms with E-state index in [1.807, 2.05) is 0 Å². The number of hydrogen-bond donors (Lipinski definition) is 1. The van der Waals surface area contributed by atoms with Gasteiger partial charge in [-0.1, -0.05) is 6.07 Å². The van der Waals surface area contributed by atoms with Crippen LogP contribution in [0.3, 0.4) is 0 Å². The maximum absolute atomic E-state index is 13.7. The van der Waals surface area contributed by atoms with Crippen LogP contribution in [0.4, 0.5) is 13.2 Å². The van der Waals surface area contributed by atoms with E-state index in [9.17, 15) is 18.3 Å². The molecular weight excluding hydrogens is 269 g/mol. The lowest BCUT2D eigenvalue weighted by molar-refractivity contribution is 0.198. The SMILES string of the molecule is CC(O)c1ccc(OCc2ccc(F)cc2F)c(F)c1. The van der Waals surface area contributed by atoms with Gasteiger partial charge in [0.1, 0.15) is 18.2 Å². The zero-order valence-corrected chi connectivity index (χ0v) is 10.7. The van der Waals surface area contributed by atoms with Crippen LogP contribution < -0.4 is 4.74 Å².